The van der Waals surface area contributed by atoms with Gasteiger partial charge in [-0.2, -0.15) is 4.31 Å². The fraction of sp³-hybridized carbons (Fsp3) is 0.333. The van der Waals surface area contributed by atoms with Crippen LogP contribution in [0, 0.1) is 6.92 Å². The number of hydrogen-bond donors (Lipinski definition) is 1. The van der Waals surface area contributed by atoms with Crippen molar-refractivity contribution in [1.82, 2.24) is 14.6 Å². The maximum absolute atomic E-state index is 12.7. The van der Waals surface area contributed by atoms with E-state index < -0.39 is 10.0 Å². The molecular weight excluding hydrogens is 442 g/mol. The van der Waals surface area contributed by atoms with Crippen LogP contribution in [-0.2, 0) is 27.8 Å². The average Bonchev–Trinajstić information content (AvgIpc) is 3.27. The van der Waals surface area contributed by atoms with E-state index in [4.69, 9.17) is 0 Å². The van der Waals surface area contributed by atoms with Crippen LogP contribution < -0.4 is 5.32 Å². The van der Waals surface area contributed by atoms with Crippen LogP contribution in [0.2, 0.25) is 0 Å². The van der Waals surface area contributed by atoms with Gasteiger partial charge in [0.2, 0.25) is 15.9 Å². The highest BCUT2D eigenvalue weighted by Crippen LogP contribution is 2.25. The summed E-state index contributed by atoms with van der Waals surface area (Å²) in [6.07, 6.45) is 3.12. The Kier molecular flexibility index (Phi) is 7.03. The van der Waals surface area contributed by atoms with Crippen LogP contribution in [0.1, 0.15) is 36.1 Å². The number of piperidine rings is 1. The Morgan fingerprint density at radius 1 is 1.09 bits per heavy atom. The van der Waals surface area contributed by atoms with Crippen molar-refractivity contribution in [3.05, 3.63) is 70.7 Å². The molecule has 8 heteroatoms. The number of hydrogen-bond acceptors (Lipinski definition) is 5. The lowest BCUT2D eigenvalue weighted by atomic mass is 10.1. The first-order chi connectivity index (χ1) is 15.4. The summed E-state index contributed by atoms with van der Waals surface area (Å²) in [5.41, 5.74) is 3.83. The van der Waals surface area contributed by atoms with Crippen molar-refractivity contribution in [2.24, 2.45) is 0 Å². The van der Waals surface area contributed by atoms with E-state index in [1.165, 1.54) is 16.9 Å². The molecule has 0 spiro atoms. The van der Waals surface area contributed by atoms with E-state index in [0.717, 1.165) is 41.1 Å². The highest BCUT2D eigenvalue weighted by Gasteiger charge is 2.25. The summed E-state index contributed by atoms with van der Waals surface area (Å²) in [6, 6.07) is 14.9. The van der Waals surface area contributed by atoms with Crippen molar-refractivity contribution in [2.45, 2.75) is 44.0 Å². The molecule has 1 amide bonds. The number of amides is 1. The van der Waals surface area contributed by atoms with E-state index in [0.29, 0.717) is 24.5 Å². The summed E-state index contributed by atoms with van der Waals surface area (Å²) < 4.78 is 27.0. The maximum Gasteiger partial charge on any atom is 0.243 e. The van der Waals surface area contributed by atoms with Crippen molar-refractivity contribution >= 4 is 27.3 Å². The van der Waals surface area contributed by atoms with Crippen LogP contribution >= 0.6 is 11.3 Å². The van der Waals surface area contributed by atoms with Crippen LogP contribution in [0.3, 0.4) is 0 Å². The fourth-order valence-electron chi connectivity index (χ4n) is 3.76. The quantitative estimate of drug-likeness (QED) is 0.564. The summed E-state index contributed by atoms with van der Waals surface area (Å²) >= 11 is 1.53. The van der Waals surface area contributed by atoms with Crippen LogP contribution in [0.15, 0.2) is 58.8 Å². The lowest BCUT2D eigenvalue weighted by Crippen LogP contribution is -2.35. The molecule has 168 valence electrons. The monoisotopic (exact) mass is 469 g/mol. The Morgan fingerprint density at radius 2 is 1.84 bits per heavy atom. The van der Waals surface area contributed by atoms with Gasteiger partial charge in [-0.25, -0.2) is 13.4 Å². The van der Waals surface area contributed by atoms with Gasteiger partial charge < -0.3 is 5.32 Å². The molecule has 1 fully saturated rings. The normalized spacial score (nSPS) is 14.9. The Balaban J connectivity index is 1.31. The molecule has 1 aliphatic heterocycles. The minimum Gasteiger partial charge on any atom is -0.352 e. The molecule has 3 aromatic rings. The molecule has 1 saturated heterocycles. The Hall–Kier alpha value is -2.55. The van der Waals surface area contributed by atoms with Gasteiger partial charge in [-0.15, -0.1) is 11.3 Å². The summed E-state index contributed by atoms with van der Waals surface area (Å²) in [7, 11) is -3.44. The highest BCUT2D eigenvalue weighted by molar-refractivity contribution is 7.89. The molecular formula is C24H27N3O3S2. The molecule has 1 N–H and O–H groups in total. The number of carbonyl (C=O) groups excluding carboxylic acids is 1. The number of sulfonamides is 1. The Bertz CT molecular complexity index is 1180. The standard InChI is InChI=1S/C24H27N3O3S2/c1-18-6-5-7-20(14-18)24-26-21(17-31-24)15-23(28)25-16-19-8-10-22(11-9-19)32(29,30)27-12-3-2-4-13-27/h5-11,14,17H,2-4,12-13,15-16H2,1H3,(H,25,28). The third-order valence-corrected chi connectivity index (χ3v) is 8.38. The zero-order valence-electron chi connectivity index (χ0n) is 18.1. The minimum absolute atomic E-state index is 0.115. The first kappa shape index (κ1) is 22.6. The van der Waals surface area contributed by atoms with Gasteiger partial charge in [-0.3, -0.25) is 4.79 Å². The Labute approximate surface area is 193 Å². The van der Waals surface area contributed by atoms with Crippen molar-refractivity contribution in [2.75, 3.05) is 13.1 Å². The molecule has 2 heterocycles. The first-order valence-electron chi connectivity index (χ1n) is 10.8. The molecule has 0 unspecified atom stereocenters. The van der Waals surface area contributed by atoms with Gasteiger partial charge in [-0.1, -0.05) is 42.3 Å². The van der Waals surface area contributed by atoms with Crippen molar-refractivity contribution in [3.8, 4) is 10.6 Å². The predicted molar refractivity (Wildman–Crippen MR) is 127 cm³/mol. The number of rotatable bonds is 7. The molecule has 1 aliphatic rings. The second-order valence-corrected chi connectivity index (χ2v) is 10.9. The van der Waals surface area contributed by atoms with Gasteiger partial charge in [0.15, 0.2) is 0 Å². The lowest BCUT2D eigenvalue weighted by Gasteiger charge is -2.25. The topological polar surface area (TPSA) is 79.4 Å². The second-order valence-electron chi connectivity index (χ2n) is 8.08. The number of aromatic nitrogens is 1. The van der Waals surface area contributed by atoms with E-state index in [1.807, 2.05) is 30.5 Å². The SMILES string of the molecule is Cc1cccc(-c2nc(CC(=O)NCc3ccc(S(=O)(=O)N4CCCCC4)cc3)cs2)c1. The van der Waals surface area contributed by atoms with Gasteiger partial charge in [0.1, 0.15) is 5.01 Å². The zero-order chi connectivity index (χ0) is 22.6. The zero-order valence-corrected chi connectivity index (χ0v) is 19.7. The Morgan fingerprint density at radius 3 is 2.56 bits per heavy atom. The lowest BCUT2D eigenvalue weighted by molar-refractivity contribution is -0.120. The molecule has 6 nitrogen and oxygen atoms in total. The van der Waals surface area contributed by atoms with Crippen molar-refractivity contribution < 1.29 is 13.2 Å². The molecule has 1 aromatic heterocycles. The van der Waals surface area contributed by atoms with E-state index >= 15 is 0 Å². The number of aryl methyl sites for hydroxylation is 1. The first-order valence-corrected chi connectivity index (χ1v) is 13.1. The van der Waals surface area contributed by atoms with Gasteiger partial charge in [0.25, 0.3) is 0 Å². The summed E-state index contributed by atoms with van der Waals surface area (Å²) in [5.74, 6) is -0.115. The van der Waals surface area contributed by atoms with Crippen molar-refractivity contribution in [3.63, 3.8) is 0 Å². The summed E-state index contributed by atoms with van der Waals surface area (Å²) in [4.78, 5) is 17.3. The molecule has 32 heavy (non-hydrogen) atoms. The van der Waals surface area contributed by atoms with Gasteiger partial charge in [-0.05, 0) is 43.5 Å². The minimum atomic E-state index is -3.44. The van der Waals surface area contributed by atoms with Crippen LogP contribution in [0.5, 0.6) is 0 Å². The largest absolute Gasteiger partial charge is 0.352 e. The van der Waals surface area contributed by atoms with Crippen LogP contribution in [0.4, 0.5) is 0 Å². The highest BCUT2D eigenvalue weighted by atomic mass is 32.2. The molecule has 2 aromatic carbocycles. The van der Waals surface area contributed by atoms with Gasteiger partial charge in [0.05, 0.1) is 17.0 Å². The molecule has 0 bridgehead atoms. The third kappa shape index (κ3) is 5.43. The van der Waals surface area contributed by atoms with Gasteiger partial charge >= 0.3 is 0 Å². The number of benzene rings is 2. The van der Waals surface area contributed by atoms with E-state index in [1.54, 1.807) is 28.6 Å². The fourth-order valence-corrected chi connectivity index (χ4v) is 6.09. The average molecular weight is 470 g/mol. The van der Waals surface area contributed by atoms with Crippen LogP contribution in [-0.4, -0.2) is 36.7 Å². The summed E-state index contributed by atoms with van der Waals surface area (Å²) in [5, 5.41) is 5.71. The second kappa shape index (κ2) is 9.94. The van der Waals surface area contributed by atoms with Gasteiger partial charge in [0, 0.05) is 30.6 Å². The summed E-state index contributed by atoms with van der Waals surface area (Å²) in [6.45, 7) is 3.56. The van der Waals surface area contributed by atoms with Crippen molar-refractivity contribution in [1.29, 1.82) is 0 Å². The van der Waals surface area contributed by atoms with Crippen LogP contribution in [0.25, 0.3) is 10.6 Å². The maximum atomic E-state index is 12.7. The number of carbonyl (C=O) groups is 1. The number of thiazole rings is 1. The van der Waals surface area contributed by atoms with E-state index in [2.05, 4.69) is 16.4 Å². The number of nitrogens with one attached hydrogen (secondary N) is 1. The molecule has 0 saturated carbocycles. The number of nitrogens with zero attached hydrogens (tertiary/aromatic N) is 2. The third-order valence-electron chi connectivity index (χ3n) is 5.52. The smallest absolute Gasteiger partial charge is 0.243 e. The molecule has 0 radical (unpaired) electrons. The van der Waals surface area contributed by atoms with E-state index in [-0.39, 0.29) is 12.3 Å². The molecule has 0 aliphatic carbocycles. The molecule has 4 rings (SSSR count). The van der Waals surface area contributed by atoms with E-state index in [9.17, 15) is 13.2 Å². The molecule has 0 atom stereocenters. The predicted octanol–water partition coefficient (Wildman–Crippen LogP) is 4.15.